The van der Waals surface area contributed by atoms with E-state index in [9.17, 15) is 29.7 Å². The number of hydrogen-bond donors (Lipinski definition) is 0. The van der Waals surface area contributed by atoms with E-state index in [1.54, 1.807) is 0 Å². The molecule has 0 spiro atoms. The van der Waals surface area contributed by atoms with E-state index in [4.69, 9.17) is 0 Å². The van der Waals surface area contributed by atoms with Crippen molar-refractivity contribution in [2.45, 2.75) is 0 Å². The van der Waals surface area contributed by atoms with E-state index in [2.05, 4.69) is 0 Å². The first kappa shape index (κ1) is 25.5. The normalized spacial score (nSPS) is 8.00. The van der Waals surface area contributed by atoms with Crippen LogP contribution in [0.2, 0.25) is 0 Å². The Morgan fingerprint density at radius 1 is 0.722 bits per heavy atom. The fourth-order valence-electron chi connectivity index (χ4n) is 1.11. The second-order valence-electron chi connectivity index (χ2n) is 2.59. The summed E-state index contributed by atoms with van der Waals surface area (Å²) in [5, 5.41) is 31.5. The van der Waals surface area contributed by atoms with Crippen LogP contribution in [-0.4, -0.2) is 17.9 Å². The molecule has 9 heteroatoms. The smallest absolute Gasteiger partial charge is 0.545 e. The van der Waals surface area contributed by atoms with Crippen molar-refractivity contribution in [2.75, 3.05) is 0 Å². The van der Waals surface area contributed by atoms with Crippen LogP contribution in [0.25, 0.3) is 0 Å². The van der Waals surface area contributed by atoms with Gasteiger partial charge < -0.3 is 29.7 Å². The number of carbonyl (C=O) groups excluding carboxylic acids is 3. The molecule has 0 unspecified atom stereocenters. The van der Waals surface area contributed by atoms with Gasteiger partial charge in [0.25, 0.3) is 0 Å². The molecule has 0 bridgehead atoms. The van der Waals surface area contributed by atoms with Crippen molar-refractivity contribution >= 4 is 17.9 Å². The Balaban J connectivity index is -0.000000750. The van der Waals surface area contributed by atoms with Crippen LogP contribution in [0.1, 0.15) is 31.1 Å². The van der Waals surface area contributed by atoms with Gasteiger partial charge in [0, 0.05) is 16.7 Å². The van der Waals surface area contributed by atoms with E-state index >= 15 is 0 Å². The average molecular weight is 324 g/mol. The van der Waals surface area contributed by atoms with Crippen LogP contribution in [0.4, 0.5) is 0 Å². The van der Waals surface area contributed by atoms with Gasteiger partial charge in [0.1, 0.15) is 0 Å². The zero-order valence-electron chi connectivity index (χ0n) is 10.2. The van der Waals surface area contributed by atoms with Crippen LogP contribution in [0, 0.1) is 0 Å². The molecule has 0 aliphatic heterocycles. The van der Waals surface area contributed by atoms with Crippen molar-refractivity contribution in [3.05, 3.63) is 34.9 Å². The summed E-state index contributed by atoms with van der Waals surface area (Å²) in [6.07, 6.45) is 0. The molecule has 1 aromatic carbocycles. The molecule has 6 nitrogen and oxygen atoms in total. The van der Waals surface area contributed by atoms with Gasteiger partial charge in [-0.2, -0.15) is 0 Å². The Morgan fingerprint density at radius 2 is 1.06 bits per heavy atom. The molecule has 0 aromatic heterocycles. The number of rotatable bonds is 3. The Morgan fingerprint density at radius 3 is 1.28 bits per heavy atom. The second-order valence-corrected chi connectivity index (χ2v) is 2.59. The zero-order valence-corrected chi connectivity index (χ0v) is 19.6. The molecule has 0 heterocycles. The predicted molar refractivity (Wildman–Crippen MR) is 39.4 cm³/mol. The van der Waals surface area contributed by atoms with Gasteiger partial charge in [-0.05, 0) is 0 Å². The molecular formula is C9H3K3O6. The van der Waals surface area contributed by atoms with Crippen molar-refractivity contribution in [3.8, 4) is 0 Å². The first-order valence-electron chi connectivity index (χ1n) is 3.72. The standard InChI is InChI=1S/C9H6O6.3K/c10-7(11)4-2-1-3-5(8(12)13)6(4)9(14)15;;;/h1-3H,(H,10,11)(H,12,13)(H,14,15);;;/q;3*+1/p-3. The Bertz CT molecular complexity index is 427. The van der Waals surface area contributed by atoms with E-state index in [1.165, 1.54) is 0 Å². The molecule has 78 valence electrons. The van der Waals surface area contributed by atoms with Crippen LogP contribution >= 0.6 is 0 Å². The molecule has 0 N–H and O–H groups in total. The third kappa shape index (κ3) is 7.00. The molecule has 1 rings (SSSR count). The van der Waals surface area contributed by atoms with Gasteiger partial charge in [-0.3, -0.25) is 0 Å². The molecule has 1 aromatic rings. The molecule has 0 saturated heterocycles. The predicted octanol–water partition coefficient (Wildman–Crippen LogP) is -12.2. The van der Waals surface area contributed by atoms with Gasteiger partial charge in [-0.15, -0.1) is 0 Å². The Hall–Kier alpha value is 2.54. The minimum Gasteiger partial charge on any atom is -0.545 e. The third-order valence-corrected chi connectivity index (χ3v) is 1.71. The quantitative estimate of drug-likeness (QED) is 0.509. The van der Waals surface area contributed by atoms with Crippen molar-refractivity contribution in [3.63, 3.8) is 0 Å². The van der Waals surface area contributed by atoms with Gasteiger partial charge in [-0.25, -0.2) is 0 Å². The number of carboxylic acids is 3. The third-order valence-electron chi connectivity index (χ3n) is 1.71. The fraction of sp³-hybridized carbons (Fsp3) is 0. The average Bonchev–Trinajstić information content (AvgIpc) is 2.16. The van der Waals surface area contributed by atoms with Crippen LogP contribution in [0.15, 0.2) is 18.2 Å². The summed E-state index contributed by atoms with van der Waals surface area (Å²) in [4.78, 5) is 31.5. The molecule has 18 heavy (non-hydrogen) atoms. The van der Waals surface area contributed by atoms with Crippen molar-refractivity contribution < 1.29 is 184 Å². The Kier molecular flexibility index (Phi) is 17.2. The van der Waals surface area contributed by atoms with Crippen LogP contribution in [0.5, 0.6) is 0 Å². The number of benzene rings is 1. The number of aromatic carboxylic acids is 3. The Labute approximate surface area is 230 Å². The number of carboxylic acid groups (broad SMARTS) is 3. The van der Waals surface area contributed by atoms with Crippen molar-refractivity contribution in [2.24, 2.45) is 0 Å². The molecule has 0 fully saturated rings. The monoisotopic (exact) mass is 324 g/mol. The summed E-state index contributed by atoms with van der Waals surface area (Å²) in [6, 6.07) is 2.89. The molecule has 0 radical (unpaired) electrons. The first-order chi connectivity index (χ1) is 6.95. The van der Waals surface area contributed by atoms with Gasteiger partial charge in [-0.1, -0.05) is 18.2 Å². The number of carbonyl (C=O) groups is 3. The molecule has 0 aliphatic rings. The van der Waals surface area contributed by atoms with Crippen molar-refractivity contribution in [1.29, 1.82) is 0 Å². The first-order valence-corrected chi connectivity index (χ1v) is 3.72. The zero-order chi connectivity index (χ0) is 11.6. The van der Waals surface area contributed by atoms with E-state index in [1.807, 2.05) is 0 Å². The van der Waals surface area contributed by atoms with E-state index in [0.29, 0.717) is 0 Å². The van der Waals surface area contributed by atoms with Gasteiger partial charge >= 0.3 is 154 Å². The van der Waals surface area contributed by atoms with E-state index in [0.717, 1.165) is 18.2 Å². The maximum Gasteiger partial charge on any atom is 1.00 e. The van der Waals surface area contributed by atoms with Crippen LogP contribution in [0.3, 0.4) is 0 Å². The molecule has 0 aliphatic carbocycles. The maximum absolute atomic E-state index is 10.6. The van der Waals surface area contributed by atoms with Crippen LogP contribution in [-0.2, 0) is 0 Å². The maximum atomic E-state index is 10.6. The van der Waals surface area contributed by atoms with Crippen molar-refractivity contribution in [1.82, 2.24) is 0 Å². The van der Waals surface area contributed by atoms with Crippen LogP contribution < -0.4 is 169 Å². The molecular weight excluding hydrogens is 321 g/mol. The molecule has 0 atom stereocenters. The second kappa shape index (κ2) is 12.1. The summed E-state index contributed by atoms with van der Waals surface area (Å²) < 4.78 is 0. The topological polar surface area (TPSA) is 120 Å². The van der Waals surface area contributed by atoms with Gasteiger partial charge in [0.2, 0.25) is 0 Å². The largest absolute Gasteiger partial charge is 1.00 e. The van der Waals surface area contributed by atoms with E-state index < -0.39 is 34.6 Å². The minimum atomic E-state index is -1.91. The number of hydrogen-bond acceptors (Lipinski definition) is 6. The summed E-state index contributed by atoms with van der Waals surface area (Å²) >= 11 is 0. The van der Waals surface area contributed by atoms with E-state index in [-0.39, 0.29) is 154 Å². The van der Waals surface area contributed by atoms with Gasteiger partial charge in [0.15, 0.2) is 0 Å². The minimum absolute atomic E-state index is 0. The molecule has 0 amide bonds. The molecule has 0 saturated carbocycles. The fourth-order valence-corrected chi connectivity index (χ4v) is 1.11. The SMILES string of the molecule is O=C([O-])c1cccc(C(=O)[O-])c1C(=O)[O-].[K+].[K+].[K+]. The van der Waals surface area contributed by atoms with Gasteiger partial charge in [0.05, 0.1) is 17.9 Å². The summed E-state index contributed by atoms with van der Waals surface area (Å²) in [7, 11) is 0. The summed E-state index contributed by atoms with van der Waals surface area (Å²) in [5.74, 6) is -5.50. The summed E-state index contributed by atoms with van der Waals surface area (Å²) in [6.45, 7) is 0. The summed E-state index contributed by atoms with van der Waals surface area (Å²) in [5.41, 5.74) is -2.45.